The Bertz CT molecular complexity index is 478. The molecule has 0 fully saturated rings. The zero-order chi connectivity index (χ0) is 9.64. The maximum Gasteiger partial charge on any atom is 0.333 e. The first-order valence-corrected chi connectivity index (χ1v) is 5.80. The van der Waals surface area contributed by atoms with Crippen LogP contribution in [0.15, 0.2) is 10.3 Å². The molecule has 2 heterocycles. The number of carbonyl (C=O) groups is 1. The molecule has 2 N–H and O–H groups in total. The van der Waals surface area contributed by atoms with Gasteiger partial charge >= 0.3 is 6.03 Å². The maximum atomic E-state index is 11.3. The monoisotopic (exact) mass is 238 g/mol. The SMILES string of the molecule is O=C1Nc2cc(Cl)sc2S(=O)(=O)N1. The van der Waals surface area contributed by atoms with Crippen LogP contribution in [0, 0.1) is 0 Å². The zero-order valence-electron chi connectivity index (χ0n) is 6.00. The maximum absolute atomic E-state index is 11.3. The highest BCUT2D eigenvalue weighted by molar-refractivity contribution is 7.92. The molecule has 2 amide bonds. The number of carbonyl (C=O) groups excluding carboxylic acids is 1. The number of hydrogen-bond acceptors (Lipinski definition) is 4. The minimum Gasteiger partial charge on any atom is -0.305 e. The van der Waals surface area contributed by atoms with Crippen molar-refractivity contribution in [1.82, 2.24) is 4.72 Å². The first-order chi connectivity index (χ1) is 5.99. The van der Waals surface area contributed by atoms with Crippen molar-refractivity contribution >= 4 is 44.7 Å². The van der Waals surface area contributed by atoms with Crippen LogP contribution in [0.5, 0.6) is 0 Å². The van der Waals surface area contributed by atoms with Gasteiger partial charge in [-0.2, -0.15) is 0 Å². The van der Waals surface area contributed by atoms with Crippen LogP contribution in [0.4, 0.5) is 10.5 Å². The summed E-state index contributed by atoms with van der Waals surface area (Å²) in [5.74, 6) is 0. The Kier molecular flexibility index (Phi) is 1.76. The van der Waals surface area contributed by atoms with Crippen molar-refractivity contribution in [1.29, 1.82) is 0 Å². The van der Waals surface area contributed by atoms with Gasteiger partial charge in [0.05, 0.1) is 10.0 Å². The van der Waals surface area contributed by atoms with Gasteiger partial charge in [-0.1, -0.05) is 11.6 Å². The predicted molar refractivity (Wildman–Crippen MR) is 48.7 cm³/mol. The molecule has 0 aromatic carbocycles. The predicted octanol–water partition coefficient (Wildman–Crippen LogP) is 1.23. The van der Waals surface area contributed by atoms with Gasteiger partial charge < -0.3 is 5.32 Å². The van der Waals surface area contributed by atoms with Crippen molar-refractivity contribution in [2.24, 2.45) is 0 Å². The number of rotatable bonds is 0. The standard InChI is InChI=1S/C5H3ClN2O3S2/c6-3-1-2-4(12-3)13(10,11)8-5(9)7-2/h1H,(H2,7,8,9). The van der Waals surface area contributed by atoms with Crippen LogP contribution in [-0.4, -0.2) is 14.4 Å². The van der Waals surface area contributed by atoms with Gasteiger partial charge in [0.15, 0.2) is 4.21 Å². The number of anilines is 1. The number of hydrogen-bond donors (Lipinski definition) is 2. The molecule has 0 radical (unpaired) electrons. The Labute approximate surface area is 82.8 Å². The van der Waals surface area contributed by atoms with Crippen molar-refractivity contribution in [2.75, 3.05) is 5.32 Å². The Morgan fingerprint density at radius 3 is 2.85 bits per heavy atom. The number of fused-ring (bicyclic) bond motifs is 1. The van der Waals surface area contributed by atoms with E-state index in [-0.39, 0.29) is 9.90 Å². The third-order valence-electron chi connectivity index (χ3n) is 1.39. The smallest absolute Gasteiger partial charge is 0.305 e. The summed E-state index contributed by atoms with van der Waals surface area (Å²) in [6, 6.07) is 0.639. The Morgan fingerprint density at radius 1 is 1.46 bits per heavy atom. The summed E-state index contributed by atoms with van der Waals surface area (Å²) in [4.78, 5) is 10.8. The highest BCUT2D eigenvalue weighted by Gasteiger charge is 2.29. The van der Waals surface area contributed by atoms with Crippen molar-refractivity contribution in [3.8, 4) is 0 Å². The molecule has 1 aliphatic heterocycles. The van der Waals surface area contributed by atoms with E-state index < -0.39 is 16.1 Å². The molecule has 13 heavy (non-hydrogen) atoms. The third-order valence-corrected chi connectivity index (χ3v) is 4.52. The van der Waals surface area contributed by atoms with E-state index in [1.165, 1.54) is 6.07 Å². The van der Waals surface area contributed by atoms with Gasteiger partial charge in [-0.15, -0.1) is 11.3 Å². The highest BCUT2D eigenvalue weighted by atomic mass is 35.5. The Morgan fingerprint density at radius 2 is 2.15 bits per heavy atom. The molecule has 1 aromatic heterocycles. The fraction of sp³-hybridized carbons (Fsp3) is 0. The summed E-state index contributed by atoms with van der Waals surface area (Å²) in [7, 11) is -3.70. The van der Waals surface area contributed by atoms with Crippen molar-refractivity contribution < 1.29 is 13.2 Å². The number of amides is 2. The van der Waals surface area contributed by atoms with Gasteiger partial charge in [0.2, 0.25) is 0 Å². The lowest BCUT2D eigenvalue weighted by atomic mass is 10.5. The molecule has 0 aliphatic carbocycles. The molecule has 5 nitrogen and oxygen atoms in total. The van der Waals surface area contributed by atoms with Crippen molar-refractivity contribution in [2.45, 2.75) is 4.21 Å². The van der Waals surface area contributed by atoms with E-state index in [1.54, 1.807) is 4.72 Å². The van der Waals surface area contributed by atoms with Gasteiger partial charge in [-0.25, -0.2) is 17.9 Å². The Hall–Kier alpha value is -0.790. The van der Waals surface area contributed by atoms with E-state index >= 15 is 0 Å². The molecule has 2 rings (SSSR count). The zero-order valence-corrected chi connectivity index (χ0v) is 8.39. The van der Waals surface area contributed by atoms with E-state index in [4.69, 9.17) is 11.6 Å². The molecule has 0 spiro atoms. The van der Waals surface area contributed by atoms with Crippen LogP contribution in [0.3, 0.4) is 0 Å². The normalized spacial score (nSPS) is 18.7. The fourth-order valence-corrected chi connectivity index (χ4v) is 3.62. The summed E-state index contributed by atoms with van der Waals surface area (Å²) in [5, 5.41) is 2.33. The first-order valence-electron chi connectivity index (χ1n) is 3.12. The summed E-state index contributed by atoms with van der Waals surface area (Å²) >= 11 is 6.50. The number of nitrogens with one attached hydrogen (secondary N) is 2. The number of sulfonamides is 1. The van der Waals surface area contributed by atoms with E-state index in [0.29, 0.717) is 4.34 Å². The van der Waals surface area contributed by atoms with Crippen LogP contribution in [0.25, 0.3) is 0 Å². The minimum atomic E-state index is -3.70. The quantitative estimate of drug-likeness (QED) is 0.714. The number of thiophene rings is 1. The largest absolute Gasteiger partial charge is 0.333 e. The lowest BCUT2D eigenvalue weighted by molar-refractivity contribution is 0.256. The average molecular weight is 239 g/mol. The molecule has 0 saturated carbocycles. The van der Waals surface area contributed by atoms with Gasteiger partial charge in [0.1, 0.15) is 0 Å². The van der Waals surface area contributed by atoms with Gasteiger partial charge in [0.25, 0.3) is 10.0 Å². The lowest BCUT2D eigenvalue weighted by Gasteiger charge is -2.13. The van der Waals surface area contributed by atoms with Gasteiger partial charge in [-0.3, -0.25) is 0 Å². The van der Waals surface area contributed by atoms with Gasteiger partial charge in [0, 0.05) is 0 Å². The van der Waals surface area contributed by atoms with Crippen molar-refractivity contribution in [3.63, 3.8) is 0 Å². The average Bonchev–Trinajstić information content (AvgIpc) is 2.28. The topological polar surface area (TPSA) is 75.3 Å². The molecule has 0 unspecified atom stereocenters. The number of halogens is 1. The first kappa shape index (κ1) is 8.79. The molecule has 70 valence electrons. The van der Waals surface area contributed by atoms with E-state index in [1.807, 2.05) is 0 Å². The minimum absolute atomic E-state index is 0.0390. The van der Waals surface area contributed by atoms with Crippen LogP contribution in [-0.2, 0) is 10.0 Å². The lowest BCUT2D eigenvalue weighted by Crippen LogP contribution is -2.38. The molecule has 0 bridgehead atoms. The second-order valence-electron chi connectivity index (χ2n) is 2.31. The molecule has 1 aromatic rings. The van der Waals surface area contributed by atoms with Crippen molar-refractivity contribution in [3.05, 3.63) is 10.4 Å². The summed E-state index contributed by atoms with van der Waals surface area (Å²) in [6.45, 7) is 0. The summed E-state index contributed by atoms with van der Waals surface area (Å²) in [6.07, 6.45) is 0. The molecular formula is C5H3ClN2O3S2. The molecule has 1 aliphatic rings. The van der Waals surface area contributed by atoms with Crippen LogP contribution < -0.4 is 10.0 Å². The number of urea groups is 1. The third kappa shape index (κ3) is 1.38. The second kappa shape index (κ2) is 2.60. The van der Waals surface area contributed by atoms with E-state index in [2.05, 4.69) is 5.32 Å². The van der Waals surface area contributed by atoms with Crippen LogP contribution in [0.2, 0.25) is 4.34 Å². The van der Waals surface area contributed by atoms with E-state index in [9.17, 15) is 13.2 Å². The summed E-state index contributed by atoms with van der Waals surface area (Å²) in [5.41, 5.74) is 0.235. The highest BCUT2D eigenvalue weighted by Crippen LogP contribution is 2.36. The molecule has 8 heteroatoms. The second-order valence-corrected chi connectivity index (χ2v) is 5.87. The van der Waals surface area contributed by atoms with Gasteiger partial charge in [-0.05, 0) is 6.07 Å². The van der Waals surface area contributed by atoms with Crippen LogP contribution >= 0.6 is 22.9 Å². The van der Waals surface area contributed by atoms with E-state index in [0.717, 1.165) is 11.3 Å². The van der Waals surface area contributed by atoms with Crippen LogP contribution in [0.1, 0.15) is 0 Å². The Balaban J connectivity index is 2.69. The summed E-state index contributed by atoms with van der Waals surface area (Å²) < 4.78 is 24.7. The molecular weight excluding hydrogens is 236 g/mol. The molecule has 0 saturated heterocycles. The molecule has 0 atom stereocenters. The fourth-order valence-electron chi connectivity index (χ4n) is 0.948.